The van der Waals surface area contributed by atoms with Crippen molar-refractivity contribution < 1.29 is 23.1 Å². The number of halogens is 3. The second-order valence-electron chi connectivity index (χ2n) is 8.68. The van der Waals surface area contributed by atoms with Gasteiger partial charge in [-0.15, -0.1) is 0 Å². The van der Waals surface area contributed by atoms with Crippen molar-refractivity contribution in [3.8, 4) is 0 Å². The van der Waals surface area contributed by atoms with E-state index in [1.807, 2.05) is 26.8 Å². The molecule has 0 aliphatic carbocycles. The predicted molar refractivity (Wildman–Crippen MR) is 125 cm³/mol. The summed E-state index contributed by atoms with van der Waals surface area (Å²) in [6.45, 7) is 7.00. The van der Waals surface area contributed by atoms with Gasteiger partial charge in [0.2, 0.25) is 5.91 Å². The number of amides is 1. The molecule has 1 heterocycles. The molecule has 0 radical (unpaired) electrons. The third kappa shape index (κ3) is 6.80. The lowest BCUT2D eigenvalue weighted by Crippen LogP contribution is -2.49. The number of aromatic amines is 1. The average molecular weight is 477 g/mol. The molecular formula is C25H31F3N4O2. The Morgan fingerprint density at radius 2 is 1.94 bits per heavy atom. The van der Waals surface area contributed by atoms with Gasteiger partial charge in [-0.1, -0.05) is 37.1 Å². The summed E-state index contributed by atoms with van der Waals surface area (Å²) in [6.07, 6.45) is -4.03. The van der Waals surface area contributed by atoms with Crippen molar-refractivity contribution in [3.05, 3.63) is 64.5 Å². The monoisotopic (exact) mass is 476 g/mol. The van der Waals surface area contributed by atoms with E-state index >= 15 is 0 Å². The fourth-order valence-electron chi connectivity index (χ4n) is 3.92. The number of aliphatic hydroxyl groups excluding tert-OH is 1. The number of fused-ring (bicyclic) bond motifs is 1. The summed E-state index contributed by atoms with van der Waals surface area (Å²) in [5.41, 5.74) is 3.29. The molecule has 0 spiro atoms. The molecule has 9 heteroatoms. The van der Waals surface area contributed by atoms with E-state index in [1.54, 1.807) is 0 Å². The van der Waals surface area contributed by atoms with Crippen LogP contribution in [0.25, 0.3) is 11.0 Å². The zero-order valence-electron chi connectivity index (χ0n) is 19.6. The van der Waals surface area contributed by atoms with Gasteiger partial charge >= 0.3 is 6.18 Å². The molecule has 3 aromatic rings. The van der Waals surface area contributed by atoms with Gasteiger partial charge in [-0.25, -0.2) is 4.98 Å². The maximum atomic E-state index is 12.9. The van der Waals surface area contributed by atoms with Crippen LogP contribution in [0, 0.1) is 13.8 Å². The molecular weight excluding hydrogens is 445 g/mol. The van der Waals surface area contributed by atoms with Crippen molar-refractivity contribution in [2.45, 2.75) is 64.9 Å². The number of aromatic nitrogens is 2. The summed E-state index contributed by atoms with van der Waals surface area (Å²) < 4.78 is 38.8. The van der Waals surface area contributed by atoms with Gasteiger partial charge in [0.25, 0.3) is 0 Å². The van der Waals surface area contributed by atoms with Gasteiger partial charge in [-0.2, -0.15) is 13.2 Å². The van der Waals surface area contributed by atoms with Crippen LogP contribution < -0.4 is 10.6 Å². The number of benzene rings is 2. The van der Waals surface area contributed by atoms with Crippen molar-refractivity contribution in [3.63, 3.8) is 0 Å². The molecule has 1 amide bonds. The first-order valence-corrected chi connectivity index (χ1v) is 11.4. The molecule has 0 aliphatic heterocycles. The number of aryl methyl sites for hydroxylation is 2. The number of hydrogen-bond acceptors (Lipinski definition) is 4. The van der Waals surface area contributed by atoms with E-state index in [-0.39, 0.29) is 23.7 Å². The minimum atomic E-state index is -4.45. The van der Waals surface area contributed by atoms with Crippen LogP contribution in [0.4, 0.5) is 13.2 Å². The first-order chi connectivity index (χ1) is 16.1. The Bertz CT molecular complexity index is 1130. The minimum Gasteiger partial charge on any atom is -0.391 e. The summed E-state index contributed by atoms with van der Waals surface area (Å²) >= 11 is 0. The maximum Gasteiger partial charge on any atom is 0.416 e. The second kappa shape index (κ2) is 11.0. The van der Waals surface area contributed by atoms with E-state index < -0.39 is 23.9 Å². The average Bonchev–Trinajstić information content (AvgIpc) is 3.15. The molecule has 0 saturated carbocycles. The van der Waals surface area contributed by atoms with Gasteiger partial charge in [-0.05, 0) is 49.6 Å². The van der Waals surface area contributed by atoms with Crippen LogP contribution in [0.2, 0.25) is 0 Å². The van der Waals surface area contributed by atoms with E-state index in [4.69, 9.17) is 0 Å². The predicted octanol–water partition coefficient (Wildman–Crippen LogP) is 4.18. The molecule has 2 atom stereocenters. The number of imidazole rings is 1. The second-order valence-corrected chi connectivity index (χ2v) is 8.68. The van der Waals surface area contributed by atoms with Crippen molar-refractivity contribution in [2.75, 3.05) is 6.54 Å². The van der Waals surface area contributed by atoms with Crippen molar-refractivity contribution in [1.29, 1.82) is 0 Å². The lowest BCUT2D eigenvalue weighted by molar-refractivity contribution is -0.137. The Labute approximate surface area is 197 Å². The highest BCUT2D eigenvalue weighted by molar-refractivity contribution is 5.81. The van der Waals surface area contributed by atoms with Crippen LogP contribution in [0.15, 0.2) is 36.4 Å². The summed E-state index contributed by atoms with van der Waals surface area (Å²) in [5, 5.41) is 16.7. The topological polar surface area (TPSA) is 90.0 Å². The lowest BCUT2D eigenvalue weighted by atomic mass is 10.0. The van der Waals surface area contributed by atoms with Crippen LogP contribution in [0.1, 0.15) is 47.8 Å². The van der Waals surface area contributed by atoms with Crippen LogP contribution in [-0.2, 0) is 23.9 Å². The third-order valence-electron chi connectivity index (χ3n) is 5.76. The summed E-state index contributed by atoms with van der Waals surface area (Å²) in [6, 6.07) is 8.91. The van der Waals surface area contributed by atoms with Crippen LogP contribution >= 0.6 is 0 Å². The zero-order valence-corrected chi connectivity index (χ0v) is 19.6. The number of H-pyrrole nitrogens is 1. The molecule has 1 aromatic heterocycles. The summed E-state index contributed by atoms with van der Waals surface area (Å²) in [7, 11) is 0. The van der Waals surface area contributed by atoms with E-state index in [2.05, 4.69) is 32.7 Å². The van der Waals surface area contributed by atoms with Crippen molar-refractivity contribution >= 4 is 16.9 Å². The Morgan fingerprint density at radius 3 is 2.62 bits per heavy atom. The smallest absolute Gasteiger partial charge is 0.391 e. The summed E-state index contributed by atoms with van der Waals surface area (Å²) in [4.78, 5) is 19.7. The van der Waals surface area contributed by atoms with E-state index in [0.717, 1.165) is 24.1 Å². The molecule has 0 saturated heterocycles. The molecule has 184 valence electrons. The van der Waals surface area contributed by atoms with Gasteiger partial charge in [0.05, 0.1) is 35.2 Å². The molecule has 0 fully saturated rings. The minimum absolute atomic E-state index is 0.136. The first kappa shape index (κ1) is 25.7. The number of nitrogens with zero attached hydrogens (tertiary/aromatic N) is 1. The van der Waals surface area contributed by atoms with Gasteiger partial charge in [-0.3, -0.25) is 4.79 Å². The molecule has 0 aliphatic rings. The Morgan fingerprint density at radius 1 is 1.18 bits per heavy atom. The Hall–Kier alpha value is -2.91. The number of alkyl halides is 3. The first-order valence-electron chi connectivity index (χ1n) is 11.4. The van der Waals surface area contributed by atoms with E-state index in [1.165, 1.54) is 17.2 Å². The number of aliphatic hydroxyl groups is 1. The number of rotatable bonds is 10. The molecule has 3 rings (SSSR count). The Balaban J connectivity index is 1.63. The largest absolute Gasteiger partial charge is 0.416 e. The van der Waals surface area contributed by atoms with Gasteiger partial charge < -0.3 is 20.7 Å². The molecule has 4 N–H and O–H groups in total. The highest BCUT2D eigenvalue weighted by Gasteiger charge is 2.30. The fraction of sp³-hybridized carbons (Fsp3) is 0.440. The maximum absolute atomic E-state index is 12.9. The lowest BCUT2D eigenvalue weighted by Gasteiger charge is -2.24. The molecule has 0 bridgehead atoms. The van der Waals surface area contributed by atoms with E-state index in [9.17, 15) is 23.1 Å². The molecule has 34 heavy (non-hydrogen) atoms. The number of carbonyl (C=O) groups is 1. The number of nitrogens with one attached hydrogen (secondary N) is 3. The quantitative estimate of drug-likeness (QED) is 0.354. The Kier molecular flexibility index (Phi) is 8.33. The highest BCUT2D eigenvalue weighted by atomic mass is 19.4. The third-order valence-corrected chi connectivity index (χ3v) is 5.76. The van der Waals surface area contributed by atoms with Gasteiger partial charge in [0.15, 0.2) is 0 Å². The van der Waals surface area contributed by atoms with Gasteiger partial charge in [0, 0.05) is 13.1 Å². The van der Waals surface area contributed by atoms with E-state index in [0.29, 0.717) is 25.0 Å². The van der Waals surface area contributed by atoms with Crippen LogP contribution in [-0.4, -0.2) is 39.7 Å². The summed E-state index contributed by atoms with van der Waals surface area (Å²) in [5.74, 6) is -0.109. The zero-order chi connectivity index (χ0) is 24.9. The number of carbonyl (C=O) groups excluding carboxylic acids is 1. The molecule has 6 nitrogen and oxygen atoms in total. The van der Waals surface area contributed by atoms with Gasteiger partial charge in [0.1, 0.15) is 5.82 Å². The number of hydrogen-bond donors (Lipinski definition) is 4. The van der Waals surface area contributed by atoms with Crippen LogP contribution in [0.3, 0.4) is 0 Å². The van der Waals surface area contributed by atoms with Crippen molar-refractivity contribution in [1.82, 2.24) is 20.6 Å². The SMILES string of the molecule is CCC[C@H](O)[C@H](CNCc1ccc(C)cc1C)NC(=O)Cc1nc2ccc(C(F)(F)F)cc2[nH]1. The highest BCUT2D eigenvalue weighted by Crippen LogP contribution is 2.30. The van der Waals surface area contributed by atoms with Crippen molar-refractivity contribution in [2.24, 2.45) is 0 Å². The molecule has 2 aromatic carbocycles. The molecule has 0 unspecified atom stereocenters. The standard InChI is InChI=1S/C25H31F3N4O2/c1-4-5-22(33)21(14-29-13-17-7-6-15(2)10-16(17)3)32-24(34)12-23-30-19-9-8-18(25(26,27)28)11-20(19)31-23/h6-11,21-22,29,33H,4-5,12-14H2,1-3H3,(H,30,31)(H,32,34)/t21-,22-/m0/s1. The fourth-order valence-corrected chi connectivity index (χ4v) is 3.92. The van der Waals surface area contributed by atoms with Crippen LogP contribution in [0.5, 0.6) is 0 Å². The normalized spacial score (nSPS) is 13.7.